The van der Waals surface area contributed by atoms with E-state index in [4.69, 9.17) is 22.1 Å². The monoisotopic (exact) mass is 281 g/mol. The lowest BCUT2D eigenvalue weighted by Gasteiger charge is -2.12. The van der Waals surface area contributed by atoms with Crippen LogP contribution in [-0.2, 0) is 6.42 Å². The van der Waals surface area contributed by atoms with Gasteiger partial charge in [-0.2, -0.15) is 0 Å². The van der Waals surface area contributed by atoms with Gasteiger partial charge in [-0.15, -0.1) is 11.3 Å². The molecule has 2 rings (SSSR count). The second-order valence-corrected chi connectivity index (χ2v) is 5.91. The Kier molecular flexibility index (Phi) is 4.27. The molecule has 2 nitrogen and oxygen atoms in total. The van der Waals surface area contributed by atoms with Crippen molar-refractivity contribution in [3.05, 3.63) is 50.7 Å². The van der Waals surface area contributed by atoms with Crippen LogP contribution in [0.15, 0.2) is 30.3 Å². The number of methoxy groups -OCH3 is 1. The second kappa shape index (κ2) is 5.74. The molecule has 0 bridgehead atoms. The number of benzene rings is 1. The summed E-state index contributed by atoms with van der Waals surface area (Å²) in [5.41, 5.74) is 8.44. The summed E-state index contributed by atoms with van der Waals surface area (Å²) in [5.74, 6) is 0.882. The maximum Gasteiger partial charge on any atom is 0.122 e. The highest BCUT2D eigenvalue weighted by molar-refractivity contribution is 7.16. The van der Waals surface area contributed by atoms with Crippen LogP contribution >= 0.6 is 22.9 Å². The van der Waals surface area contributed by atoms with Crippen molar-refractivity contribution in [2.24, 2.45) is 5.73 Å². The molecular formula is C14H16ClNOS. The van der Waals surface area contributed by atoms with Gasteiger partial charge >= 0.3 is 0 Å². The Morgan fingerprint density at radius 1 is 1.39 bits per heavy atom. The smallest absolute Gasteiger partial charge is 0.122 e. The highest BCUT2D eigenvalue weighted by Gasteiger charge is 2.14. The Morgan fingerprint density at radius 3 is 2.72 bits per heavy atom. The van der Waals surface area contributed by atoms with Gasteiger partial charge in [0.15, 0.2) is 0 Å². The van der Waals surface area contributed by atoms with Crippen molar-refractivity contribution in [2.75, 3.05) is 7.11 Å². The quantitative estimate of drug-likeness (QED) is 0.921. The van der Waals surface area contributed by atoms with Gasteiger partial charge in [0, 0.05) is 10.9 Å². The van der Waals surface area contributed by atoms with Crippen molar-refractivity contribution in [2.45, 2.75) is 19.4 Å². The Morgan fingerprint density at radius 2 is 2.11 bits per heavy atom. The minimum absolute atomic E-state index is 0.0440. The number of para-hydroxylation sites is 1. The summed E-state index contributed by atoms with van der Waals surface area (Å²) in [6, 6.07) is 9.97. The van der Waals surface area contributed by atoms with Crippen LogP contribution in [0.3, 0.4) is 0 Å². The molecule has 0 amide bonds. The highest BCUT2D eigenvalue weighted by Crippen LogP contribution is 2.32. The minimum atomic E-state index is -0.0440. The van der Waals surface area contributed by atoms with Crippen molar-refractivity contribution in [1.29, 1.82) is 0 Å². The molecule has 1 aromatic carbocycles. The molecule has 0 spiro atoms. The molecule has 0 aliphatic carbocycles. The molecule has 18 heavy (non-hydrogen) atoms. The summed E-state index contributed by atoms with van der Waals surface area (Å²) in [4.78, 5) is 1.11. The molecule has 96 valence electrons. The van der Waals surface area contributed by atoms with Crippen molar-refractivity contribution < 1.29 is 4.74 Å². The van der Waals surface area contributed by atoms with Crippen LogP contribution in [-0.4, -0.2) is 7.11 Å². The van der Waals surface area contributed by atoms with E-state index >= 15 is 0 Å². The summed E-state index contributed by atoms with van der Waals surface area (Å²) in [5, 5.41) is 0. The summed E-state index contributed by atoms with van der Waals surface area (Å²) in [7, 11) is 1.68. The third-order valence-corrected chi connectivity index (χ3v) is 4.56. The van der Waals surface area contributed by atoms with E-state index in [-0.39, 0.29) is 6.04 Å². The number of nitrogens with two attached hydrogens (primary N) is 1. The Hall–Kier alpha value is -1.03. The Bertz CT molecular complexity index is 519. The fraction of sp³-hybridized carbons (Fsp3) is 0.286. The van der Waals surface area contributed by atoms with Crippen molar-refractivity contribution in [3.63, 3.8) is 0 Å². The van der Waals surface area contributed by atoms with Crippen LogP contribution < -0.4 is 10.5 Å². The van der Waals surface area contributed by atoms with Gasteiger partial charge in [0.25, 0.3) is 0 Å². The van der Waals surface area contributed by atoms with Gasteiger partial charge in [0.05, 0.1) is 11.4 Å². The third-order valence-electron chi connectivity index (χ3n) is 2.87. The average Bonchev–Trinajstić information content (AvgIpc) is 2.70. The molecule has 0 saturated carbocycles. The van der Waals surface area contributed by atoms with Gasteiger partial charge in [-0.3, -0.25) is 0 Å². The molecule has 1 aromatic heterocycles. The van der Waals surface area contributed by atoms with Gasteiger partial charge < -0.3 is 10.5 Å². The molecule has 0 fully saturated rings. The van der Waals surface area contributed by atoms with E-state index in [2.05, 4.69) is 6.07 Å². The standard InChI is InChI=1S/C14H16ClNOS/c1-9-7-13(18-14(9)15)11(16)8-10-5-3-4-6-12(10)17-2/h3-7,11H,8,16H2,1-2H3. The largest absolute Gasteiger partial charge is 0.496 e. The molecule has 2 aromatic rings. The van der Waals surface area contributed by atoms with Gasteiger partial charge in [0.2, 0.25) is 0 Å². The van der Waals surface area contributed by atoms with E-state index in [0.29, 0.717) is 0 Å². The number of hydrogen-bond donors (Lipinski definition) is 1. The first-order valence-corrected chi connectivity index (χ1v) is 6.94. The molecule has 4 heteroatoms. The van der Waals surface area contributed by atoms with Crippen molar-refractivity contribution >= 4 is 22.9 Å². The van der Waals surface area contributed by atoms with E-state index in [1.165, 1.54) is 0 Å². The van der Waals surface area contributed by atoms with E-state index in [1.54, 1.807) is 18.4 Å². The van der Waals surface area contributed by atoms with E-state index in [1.807, 2.05) is 31.2 Å². The lowest BCUT2D eigenvalue weighted by molar-refractivity contribution is 0.408. The predicted octanol–water partition coefficient (Wildman–Crippen LogP) is 3.96. The maximum atomic E-state index is 6.23. The molecule has 0 aliphatic heterocycles. The van der Waals surface area contributed by atoms with E-state index in [0.717, 1.165) is 32.5 Å². The SMILES string of the molecule is COc1ccccc1CC(N)c1cc(C)c(Cl)s1. The Labute approximate surface area is 116 Å². The van der Waals surface area contributed by atoms with Crippen LogP contribution in [0.1, 0.15) is 22.0 Å². The number of halogens is 1. The molecule has 1 atom stereocenters. The lowest BCUT2D eigenvalue weighted by Crippen LogP contribution is -2.12. The fourth-order valence-corrected chi connectivity index (χ4v) is 3.09. The van der Waals surface area contributed by atoms with Crippen LogP contribution in [0, 0.1) is 6.92 Å². The topological polar surface area (TPSA) is 35.2 Å². The maximum absolute atomic E-state index is 6.23. The van der Waals surface area contributed by atoms with Gasteiger partial charge in [-0.1, -0.05) is 29.8 Å². The summed E-state index contributed by atoms with van der Waals surface area (Å²) in [6.45, 7) is 2.00. The zero-order chi connectivity index (χ0) is 13.1. The minimum Gasteiger partial charge on any atom is -0.496 e. The van der Waals surface area contributed by atoms with Crippen LogP contribution in [0.2, 0.25) is 4.34 Å². The van der Waals surface area contributed by atoms with Crippen molar-refractivity contribution in [1.82, 2.24) is 0 Å². The number of hydrogen-bond acceptors (Lipinski definition) is 3. The third kappa shape index (κ3) is 2.86. The molecule has 0 radical (unpaired) electrons. The van der Waals surface area contributed by atoms with Crippen LogP contribution in [0.25, 0.3) is 0 Å². The number of aryl methyl sites for hydroxylation is 1. The molecule has 0 aliphatic rings. The zero-order valence-electron chi connectivity index (χ0n) is 10.4. The summed E-state index contributed by atoms with van der Waals surface area (Å²) < 4.78 is 6.15. The highest BCUT2D eigenvalue weighted by atomic mass is 35.5. The predicted molar refractivity (Wildman–Crippen MR) is 77.7 cm³/mol. The van der Waals surface area contributed by atoms with Gasteiger partial charge in [-0.25, -0.2) is 0 Å². The molecule has 0 saturated heterocycles. The van der Waals surface area contributed by atoms with Crippen molar-refractivity contribution in [3.8, 4) is 5.75 Å². The normalized spacial score (nSPS) is 12.4. The summed E-state index contributed by atoms with van der Waals surface area (Å²) in [6.07, 6.45) is 0.750. The average molecular weight is 282 g/mol. The molecule has 1 unspecified atom stereocenters. The zero-order valence-corrected chi connectivity index (χ0v) is 12.0. The van der Waals surface area contributed by atoms with E-state index < -0.39 is 0 Å². The fourth-order valence-electron chi connectivity index (χ4n) is 1.88. The molecule has 2 N–H and O–H groups in total. The summed E-state index contributed by atoms with van der Waals surface area (Å²) >= 11 is 7.63. The first kappa shape index (κ1) is 13.4. The van der Waals surface area contributed by atoms with Gasteiger partial charge in [0.1, 0.15) is 5.75 Å². The number of rotatable bonds is 4. The van der Waals surface area contributed by atoms with E-state index in [9.17, 15) is 0 Å². The first-order chi connectivity index (χ1) is 8.61. The number of ether oxygens (including phenoxy) is 1. The van der Waals surface area contributed by atoms with Gasteiger partial charge in [-0.05, 0) is 36.6 Å². The molecular weight excluding hydrogens is 266 g/mol. The second-order valence-electron chi connectivity index (χ2n) is 4.23. The number of thiophene rings is 1. The first-order valence-electron chi connectivity index (χ1n) is 5.75. The molecule has 1 heterocycles. The van der Waals surface area contributed by atoms with Crippen LogP contribution in [0.5, 0.6) is 5.75 Å². The lowest BCUT2D eigenvalue weighted by atomic mass is 10.0. The Balaban J connectivity index is 2.18. The van der Waals surface area contributed by atoms with Crippen LogP contribution in [0.4, 0.5) is 0 Å².